The van der Waals surface area contributed by atoms with Gasteiger partial charge in [0, 0.05) is 6.07 Å². The Morgan fingerprint density at radius 3 is 2.12 bits per heavy atom. The summed E-state index contributed by atoms with van der Waals surface area (Å²) in [5.74, 6) is -2.40. The predicted octanol–water partition coefficient (Wildman–Crippen LogP) is 3.98. The topological polar surface area (TPSA) is 20.2 Å². The summed E-state index contributed by atoms with van der Waals surface area (Å²) in [6, 6.07) is 0.504. The van der Waals surface area contributed by atoms with E-state index in [1.54, 1.807) is 0 Å². The van der Waals surface area contributed by atoms with E-state index < -0.39 is 29.2 Å². The van der Waals surface area contributed by atoms with Crippen LogP contribution in [0.3, 0.4) is 0 Å². The monoisotopic (exact) mass is 236 g/mol. The lowest BCUT2D eigenvalue weighted by Crippen LogP contribution is -2.13. The van der Waals surface area contributed by atoms with Gasteiger partial charge < -0.3 is 5.11 Å². The van der Waals surface area contributed by atoms with E-state index >= 15 is 0 Å². The van der Waals surface area contributed by atoms with Crippen LogP contribution in [0.5, 0.6) is 5.75 Å². The van der Waals surface area contributed by atoms with Crippen LogP contribution in [0.1, 0.15) is 36.5 Å². The van der Waals surface area contributed by atoms with Crippen molar-refractivity contribution in [3.63, 3.8) is 0 Å². The number of hydrogen-bond acceptors (Lipinski definition) is 1. The molecule has 0 aliphatic carbocycles. The van der Waals surface area contributed by atoms with Crippen LogP contribution in [-0.4, -0.2) is 5.11 Å². The summed E-state index contributed by atoms with van der Waals surface area (Å²) in [4.78, 5) is 0. The van der Waals surface area contributed by atoms with Crippen LogP contribution in [0, 0.1) is 12.7 Å². The first-order chi connectivity index (χ1) is 7.16. The van der Waals surface area contributed by atoms with Crippen LogP contribution in [0.15, 0.2) is 6.07 Å². The summed E-state index contributed by atoms with van der Waals surface area (Å²) in [7, 11) is 0. The molecule has 0 bridgehead atoms. The fourth-order valence-electron chi connectivity index (χ4n) is 1.77. The molecule has 0 aromatic heterocycles. The van der Waals surface area contributed by atoms with Gasteiger partial charge in [-0.25, -0.2) is 4.39 Å². The molecular weight excluding hydrogens is 224 g/mol. The highest BCUT2D eigenvalue weighted by Crippen LogP contribution is 2.42. The molecule has 5 heteroatoms. The Hall–Kier alpha value is -1.26. The molecule has 0 unspecified atom stereocenters. The van der Waals surface area contributed by atoms with Crippen molar-refractivity contribution in [1.29, 1.82) is 0 Å². The molecule has 0 spiro atoms. The van der Waals surface area contributed by atoms with Gasteiger partial charge in [0.2, 0.25) is 0 Å². The molecule has 1 N–H and O–H groups in total. The molecule has 90 valence electrons. The van der Waals surface area contributed by atoms with Gasteiger partial charge >= 0.3 is 6.18 Å². The van der Waals surface area contributed by atoms with Crippen molar-refractivity contribution in [2.75, 3.05) is 0 Å². The molecule has 1 aromatic rings. The van der Waals surface area contributed by atoms with Gasteiger partial charge in [0.15, 0.2) is 0 Å². The molecule has 0 amide bonds. The average Bonchev–Trinajstić information content (AvgIpc) is 2.07. The minimum absolute atomic E-state index is 0.0693. The lowest BCUT2D eigenvalue weighted by molar-refractivity contribution is -0.139. The molecule has 16 heavy (non-hydrogen) atoms. The van der Waals surface area contributed by atoms with Gasteiger partial charge in [-0.1, -0.05) is 13.8 Å². The summed E-state index contributed by atoms with van der Waals surface area (Å²) in [6.07, 6.45) is -4.68. The predicted molar refractivity (Wildman–Crippen MR) is 51.9 cm³/mol. The third-order valence-electron chi connectivity index (χ3n) is 2.41. The average molecular weight is 236 g/mol. The number of phenols is 1. The number of benzene rings is 1. The second-order valence-electron chi connectivity index (χ2n) is 3.94. The Kier molecular flexibility index (Phi) is 3.17. The quantitative estimate of drug-likeness (QED) is 0.731. The molecule has 1 rings (SSSR count). The van der Waals surface area contributed by atoms with E-state index in [0.29, 0.717) is 6.07 Å². The molecule has 0 atom stereocenters. The molecule has 0 heterocycles. The molecule has 0 fully saturated rings. The smallest absolute Gasteiger partial charge is 0.420 e. The van der Waals surface area contributed by atoms with Crippen molar-refractivity contribution < 1.29 is 22.7 Å². The Bertz CT molecular complexity index is 407. The molecular formula is C11H12F4O. The van der Waals surface area contributed by atoms with E-state index in [4.69, 9.17) is 0 Å². The second kappa shape index (κ2) is 3.96. The van der Waals surface area contributed by atoms with Gasteiger partial charge in [-0.15, -0.1) is 0 Å². The van der Waals surface area contributed by atoms with Crippen molar-refractivity contribution in [3.05, 3.63) is 28.6 Å². The van der Waals surface area contributed by atoms with Crippen LogP contribution >= 0.6 is 0 Å². The minimum atomic E-state index is -4.68. The first-order valence-electron chi connectivity index (χ1n) is 4.75. The van der Waals surface area contributed by atoms with Crippen LogP contribution in [0.25, 0.3) is 0 Å². The normalized spacial score (nSPS) is 12.2. The maximum absolute atomic E-state index is 13.2. The number of hydrogen-bond donors (Lipinski definition) is 1. The highest BCUT2D eigenvalue weighted by atomic mass is 19.4. The zero-order valence-electron chi connectivity index (χ0n) is 9.11. The van der Waals surface area contributed by atoms with E-state index in [0.717, 1.165) is 0 Å². The Morgan fingerprint density at radius 2 is 1.75 bits per heavy atom. The van der Waals surface area contributed by atoms with Crippen LogP contribution < -0.4 is 0 Å². The first-order valence-corrected chi connectivity index (χ1v) is 4.75. The Labute approximate surface area is 90.7 Å². The van der Waals surface area contributed by atoms with Crippen molar-refractivity contribution in [2.24, 2.45) is 0 Å². The van der Waals surface area contributed by atoms with Gasteiger partial charge in [0.05, 0.1) is 0 Å². The standard InChI is InChI=1S/C11H12F4O/c1-5(2)9-6(3)7(12)4-8(16)10(9)11(13,14)15/h4-5,16H,1-3H3. The van der Waals surface area contributed by atoms with Crippen LogP contribution in [-0.2, 0) is 6.18 Å². The molecule has 0 radical (unpaired) electrons. The van der Waals surface area contributed by atoms with E-state index in [1.165, 1.54) is 20.8 Å². The zero-order valence-corrected chi connectivity index (χ0v) is 9.11. The largest absolute Gasteiger partial charge is 0.507 e. The lowest BCUT2D eigenvalue weighted by atomic mass is 9.91. The van der Waals surface area contributed by atoms with E-state index in [1.807, 2.05) is 0 Å². The van der Waals surface area contributed by atoms with Gasteiger partial charge in [-0.05, 0) is 24.0 Å². The second-order valence-corrected chi connectivity index (χ2v) is 3.94. The van der Waals surface area contributed by atoms with Gasteiger partial charge in [-0.3, -0.25) is 0 Å². The molecule has 0 saturated heterocycles. The minimum Gasteiger partial charge on any atom is -0.507 e. The maximum atomic E-state index is 13.2. The van der Waals surface area contributed by atoms with Crippen molar-refractivity contribution >= 4 is 0 Å². The fraction of sp³-hybridized carbons (Fsp3) is 0.455. The zero-order chi connectivity index (χ0) is 12.7. The molecule has 0 aliphatic rings. The SMILES string of the molecule is Cc1c(F)cc(O)c(C(F)(F)F)c1C(C)C. The third-order valence-corrected chi connectivity index (χ3v) is 2.41. The summed E-state index contributed by atoms with van der Waals surface area (Å²) < 4.78 is 51.3. The van der Waals surface area contributed by atoms with Crippen LogP contribution in [0.4, 0.5) is 17.6 Å². The van der Waals surface area contributed by atoms with E-state index in [9.17, 15) is 22.7 Å². The van der Waals surface area contributed by atoms with E-state index in [-0.39, 0.29) is 11.1 Å². The van der Waals surface area contributed by atoms with Crippen molar-refractivity contribution in [2.45, 2.75) is 32.9 Å². The van der Waals surface area contributed by atoms with Crippen molar-refractivity contribution in [1.82, 2.24) is 0 Å². The molecule has 1 nitrogen and oxygen atoms in total. The summed E-state index contributed by atoms with van der Waals surface area (Å²) >= 11 is 0. The number of alkyl halides is 3. The first kappa shape index (κ1) is 12.8. The number of halogens is 4. The lowest BCUT2D eigenvalue weighted by Gasteiger charge is -2.19. The van der Waals surface area contributed by atoms with Gasteiger partial charge in [0.25, 0.3) is 0 Å². The summed E-state index contributed by atoms with van der Waals surface area (Å²) in [5.41, 5.74) is -1.40. The summed E-state index contributed by atoms with van der Waals surface area (Å²) in [6.45, 7) is 4.33. The summed E-state index contributed by atoms with van der Waals surface area (Å²) in [5, 5.41) is 9.22. The number of aromatic hydroxyl groups is 1. The van der Waals surface area contributed by atoms with Gasteiger partial charge in [0.1, 0.15) is 17.1 Å². The fourth-order valence-corrected chi connectivity index (χ4v) is 1.77. The molecule has 1 aromatic carbocycles. The molecule has 0 aliphatic heterocycles. The number of phenolic OH excluding ortho intramolecular Hbond substituents is 1. The van der Waals surface area contributed by atoms with E-state index in [2.05, 4.69) is 0 Å². The Morgan fingerprint density at radius 1 is 1.25 bits per heavy atom. The number of rotatable bonds is 1. The van der Waals surface area contributed by atoms with Crippen molar-refractivity contribution in [3.8, 4) is 5.75 Å². The van der Waals surface area contributed by atoms with Gasteiger partial charge in [-0.2, -0.15) is 13.2 Å². The highest BCUT2D eigenvalue weighted by Gasteiger charge is 2.38. The maximum Gasteiger partial charge on any atom is 0.420 e. The van der Waals surface area contributed by atoms with Crippen LogP contribution in [0.2, 0.25) is 0 Å². The Balaban J connectivity index is 3.65. The highest BCUT2D eigenvalue weighted by molar-refractivity contribution is 5.48. The molecule has 0 saturated carbocycles. The third kappa shape index (κ3) is 2.13.